The number of alkyl carbamates (subject to hydrolysis) is 1. The summed E-state index contributed by atoms with van der Waals surface area (Å²) in [6.07, 6.45) is 2.90. The first-order valence-corrected chi connectivity index (χ1v) is 6.93. The van der Waals surface area contributed by atoms with Gasteiger partial charge in [-0.05, 0) is 28.8 Å². The molecule has 1 aliphatic rings. The van der Waals surface area contributed by atoms with Gasteiger partial charge < -0.3 is 15.4 Å². The Kier molecular flexibility index (Phi) is 4.00. The molecular weight excluding hydrogens is 282 g/mol. The zero-order chi connectivity index (χ0) is 15.4. The normalized spacial score (nSPS) is 16.4. The van der Waals surface area contributed by atoms with Crippen LogP contribution in [0.5, 0.6) is 0 Å². The molecule has 1 fully saturated rings. The van der Waals surface area contributed by atoms with Gasteiger partial charge >= 0.3 is 6.09 Å². The molecule has 0 radical (unpaired) electrons. The minimum absolute atomic E-state index is 0.163. The minimum Gasteiger partial charge on any atom is -0.445 e. The first-order chi connectivity index (χ1) is 10.7. The lowest BCUT2D eigenvalue weighted by atomic mass is 10.1. The zero-order valence-electron chi connectivity index (χ0n) is 11.8. The lowest BCUT2D eigenvalue weighted by molar-refractivity contribution is -0.128. The Labute approximate surface area is 127 Å². The van der Waals surface area contributed by atoms with Gasteiger partial charge in [-0.15, -0.1) is 0 Å². The summed E-state index contributed by atoms with van der Waals surface area (Å²) >= 11 is 0. The molecule has 0 aliphatic carbocycles. The molecule has 2 heterocycles. The largest absolute Gasteiger partial charge is 0.445 e. The predicted octanol–water partition coefficient (Wildman–Crippen LogP) is 1.47. The molecule has 1 aliphatic heterocycles. The summed E-state index contributed by atoms with van der Waals surface area (Å²) < 4.78 is 5.09. The van der Waals surface area contributed by atoms with Gasteiger partial charge in [0.25, 0.3) is 0 Å². The second kappa shape index (κ2) is 6.26. The van der Waals surface area contributed by atoms with Gasteiger partial charge in [0.2, 0.25) is 5.91 Å². The van der Waals surface area contributed by atoms with Crippen LogP contribution in [0.15, 0.2) is 48.8 Å². The SMILES string of the molecule is O=C(N[C@H]1CNC1=O)OCc1ccc(-c2ccncc2)cc1. The summed E-state index contributed by atoms with van der Waals surface area (Å²) in [4.78, 5) is 26.5. The fourth-order valence-corrected chi connectivity index (χ4v) is 2.07. The number of amides is 2. The van der Waals surface area contributed by atoms with Crippen LogP contribution >= 0.6 is 0 Å². The predicted molar refractivity (Wildman–Crippen MR) is 79.8 cm³/mol. The first kappa shape index (κ1) is 14.1. The third kappa shape index (κ3) is 3.22. The molecule has 22 heavy (non-hydrogen) atoms. The third-order valence-corrected chi connectivity index (χ3v) is 3.43. The van der Waals surface area contributed by atoms with Crippen LogP contribution < -0.4 is 10.6 Å². The van der Waals surface area contributed by atoms with Crippen molar-refractivity contribution >= 4 is 12.0 Å². The Morgan fingerprint density at radius 3 is 2.45 bits per heavy atom. The molecule has 2 amide bonds. The Balaban J connectivity index is 1.53. The molecule has 2 aromatic rings. The number of rotatable bonds is 4. The number of ether oxygens (including phenoxy) is 1. The molecule has 1 aromatic heterocycles. The summed E-state index contributed by atoms with van der Waals surface area (Å²) in [5, 5.41) is 5.04. The number of pyridine rings is 1. The van der Waals surface area contributed by atoms with Crippen LogP contribution in [0, 0.1) is 0 Å². The van der Waals surface area contributed by atoms with Gasteiger partial charge in [0.15, 0.2) is 0 Å². The molecular formula is C16H15N3O3. The molecule has 1 aromatic carbocycles. The maximum absolute atomic E-state index is 11.5. The van der Waals surface area contributed by atoms with E-state index in [1.807, 2.05) is 36.4 Å². The quantitative estimate of drug-likeness (QED) is 0.838. The van der Waals surface area contributed by atoms with Crippen molar-refractivity contribution in [3.8, 4) is 11.1 Å². The summed E-state index contributed by atoms with van der Waals surface area (Å²) in [6.45, 7) is 0.616. The first-order valence-electron chi connectivity index (χ1n) is 6.93. The van der Waals surface area contributed by atoms with Crippen molar-refractivity contribution in [1.82, 2.24) is 15.6 Å². The molecule has 0 saturated carbocycles. The summed E-state index contributed by atoms with van der Waals surface area (Å²) in [7, 11) is 0. The molecule has 2 N–H and O–H groups in total. The third-order valence-electron chi connectivity index (χ3n) is 3.43. The van der Waals surface area contributed by atoms with Gasteiger partial charge in [0, 0.05) is 18.9 Å². The molecule has 0 unspecified atom stereocenters. The smallest absolute Gasteiger partial charge is 0.408 e. The number of benzene rings is 1. The lowest BCUT2D eigenvalue weighted by Crippen LogP contribution is -2.61. The van der Waals surface area contributed by atoms with Crippen LogP contribution in [0.2, 0.25) is 0 Å². The Hall–Kier alpha value is -2.89. The topological polar surface area (TPSA) is 80.3 Å². The number of carbonyl (C=O) groups excluding carboxylic acids is 2. The number of nitrogens with zero attached hydrogens (tertiary/aromatic N) is 1. The van der Waals surface area contributed by atoms with E-state index in [4.69, 9.17) is 4.74 Å². The van der Waals surface area contributed by atoms with Crippen molar-refractivity contribution in [2.75, 3.05) is 6.54 Å². The monoisotopic (exact) mass is 297 g/mol. The van der Waals surface area contributed by atoms with E-state index in [2.05, 4.69) is 15.6 Å². The fraction of sp³-hybridized carbons (Fsp3) is 0.188. The van der Waals surface area contributed by atoms with E-state index >= 15 is 0 Å². The highest BCUT2D eigenvalue weighted by atomic mass is 16.5. The van der Waals surface area contributed by atoms with Crippen LogP contribution in [0.3, 0.4) is 0 Å². The van der Waals surface area contributed by atoms with E-state index in [1.165, 1.54) is 0 Å². The second-order valence-electron chi connectivity index (χ2n) is 4.95. The van der Waals surface area contributed by atoms with Crippen molar-refractivity contribution in [3.05, 3.63) is 54.4 Å². The second-order valence-corrected chi connectivity index (χ2v) is 4.95. The van der Waals surface area contributed by atoms with Gasteiger partial charge in [-0.2, -0.15) is 0 Å². The van der Waals surface area contributed by atoms with Crippen molar-refractivity contribution in [2.45, 2.75) is 12.6 Å². The summed E-state index contributed by atoms with van der Waals surface area (Å²) in [6, 6.07) is 11.1. The van der Waals surface area contributed by atoms with E-state index in [-0.39, 0.29) is 12.5 Å². The highest BCUT2D eigenvalue weighted by Gasteiger charge is 2.29. The van der Waals surface area contributed by atoms with Gasteiger partial charge in [0.05, 0.1) is 0 Å². The summed E-state index contributed by atoms with van der Waals surface area (Å²) in [5.41, 5.74) is 3.03. The highest BCUT2D eigenvalue weighted by Crippen LogP contribution is 2.18. The van der Waals surface area contributed by atoms with Crippen molar-refractivity contribution in [2.24, 2.45) is 0 Å². The Bertz CT molecular complexity index is 671. The Morgan fingerprint density at radius 2 is 1.86 bits per heavy atom. The fourth-order valence-electron chi connectivity index (χ4n) is 2.07. The number of nitrogens with one attached hydrogen (secondary N) is 2. The molecule has 6 heteroatoms. The molecule has 0 bridgehead atoms. The lowest BCUT2D eigenvalue weighted by Gasteiger charge is -2.26. The molecule has 0 spiro atoms. The molecule has 1 saturated heterocycles. The van der Waals surface area contributed by atoms with Crippen LogP contribution in [-0.2, 0) is 16.1 Å². The average Bonchev–Trinajstić information content (AvgIpc) is 2.58. The molecule has 1 atom stereocenters. The average molecular weight is 297 g/mol. The van der Waals surface area contributed by atoms with Crippen LogP contribution in [-0.4, -0.2) is 29.6 Å². The minimum atomic E-state index is -0.585. The molecule has 112 valence electrons. The van der Waals surface area contributed by atoms with Gasteiger partial charge in [-0.25, -0.2) is 4.79 Å². The van der Waals surface area contributed by atoms with Gasteiger partial charge in [-0.1, -0.05) is 24.3 Å². The van der Waals surface area contributed by atoms with Crippen LogP contribution in [0.25, 0.3) is 11.1 Å². The van der Waals surface area contributed by atoms with Crippen LogP contribution in [0.4, 0.5) is 4.79 Å². The van der Waals surface area contributed by atoms with E-state index in [1.54, 1.807) is 12.4 Å². The number of hydrogen-bond donors (Lipinski definition) is 2. The standard InChI is InChI=1S/C16H15N3O3/c20-15-14(9-18-15)19-16(21)22-10-11-1-3-12(4-2-11)13-5-7-17-8-6-13/h1-8,14H,9-10H2,(H,18,20)(H,19,21)/t14-/m0/s1. The Morgan fingerprint density at radius 1 is 1.18 bits per heavy atom. The number of aromatic nitrogens is 1. The van der Waals surface area contributed by atoms with E-state index < -0.39 is 12.1 Å². The number of hydrogen-bond acceptors (Lipinski definition) is 4. The van der Waals surface area contributed by atoms with Crippen LogP contribution in [0.1, 0.15) is 5.56 Å². The molecule has 6 nitrogen and oxygen atoms in total. The molecule has 3 rings (SSSR count). The maximum atomic E-state index is 11.5. The number of carbonyl (C=O) groups is 2. The van der Waals surface area contributed by atoms with E-state index in [0.717, 1.165) is 16.7 Å². The number of β-lactam (4-membered cyclic amide) rings is 1. The highest BCUT2D eigenvalue weighted by molar-refractivity contribution is 5.90. The summed E-state index contributed by atoms with van der Waals surface area (Å²) in [5.74, 6) is -0.182. The van der Waals surface area contributed by atoms with Crippen molar-refractivity contribution in [3.63, 3.8) is 0 Å². The van der Waals surface area contributed by atoms with Gasteiger partial charge in [-0.3, -0.25) is 9.78 Å². The zero-order valence-corrected chi connectivity index (χ0v) is 11.8. The van der Waals surface area contributed by atoms with Crippen molar-refractivity contribution in [1.29, 1.82) is 0 Å². The van der Waals surface area contributed by atoms with Crippen molar-refractivity contribution < 1.29 is 14.3 Å². The van der Waals surface area contributed by atoms with E-state index in [9.17, 15) is 9.59 Å². The van der Waals surface area contributed by atoms with Gasteiger partial charge in [0.1, 0.15) is 12.6 Å². The maximum Gasteiger partial charge on any atom is 0.408 e. The van der Waals surface area contributed by atoms with E-state index in [0.29, 0.717) is 6.54 Å².